The highest BCUT2D eigenvalue weighted by atomic mass is 35.5. The molecule has 0 fully saturated rings. The van der Waals surface area contributed by atoms with Gasteiger partial charge in [0, 0.05) is 17.0 Å². The zero-order chi connectivity index (χ0) is 24.8. The van der Waals surface area contributed by atoms with E-state index in [1.807, 2.05) is 6.92 Å². The largest absolute Gasteiger partial charge is 0.478 e. The zero-order valence-corrected chi connectivity index (χ0v) is 19.8. The molecule has 1 heterocycles. The van der Waals surface area contributed by atoms with Crippen LogP contribution < -0.4 is 10.3 Å². The van der Waals surface area contributed by atoms with Gasteiger partial charge in [-0.2, -0.15) is 0 Å². The van der Waals surface area contributed by atoms with E-state index in [4.69, 9.17) is 21.1 Å². The Kier molecular flexibility index (Phi) is 8.07. The number of aliphatic carboxylic acids is 1. The van der Waals surface area contributed by atoms with E-state index in [9.17, 15) is 19.5 Å². The van der Waals surface area contributed by atoms with Gasteiger partial charge in [-0.25, -0.2) is 14.6 Å². The Morgan fingerprint density at radius 1 is 1.15 bits per heavy atom. The Bertz CT molecular complexity index is 1250. The molecule has 1 N–H and O–H groups in total. The van der Waals surface area contributed by atoms with E-state index < -0.39 is 23.6 Å². The molecule has 0 saturated heterocycles. The number of nitrogens with zero attached hydrogens (tertiary/aromatic N) is 2. The first kappa shape index (κ1) is 25.0. The van der Waals surface area contributed by atoms with Gasteiger partial charge >= 0.3 is 11.9 Å². The maximum Gasteiger partial charge on any atom is 0.349 e. The first-order valence-corrected chi connectivity index (χ1v) is 11.1. The maximum atomic E-state index is 13.2. The smallest absolute Gasteiger partial charge is 0.349 e. The number of methoxy groups -OCH3 is 1. The van der Waals surface area contributed by atoms with Crippen LogP contribution in [0.2, 0.25) is 5.02 Å². The van der Waals surface area contributed by atoms with Crippen molar-refractivity contribution in [1.82, 2.24) is 9.55 Å². The van der Waals surface area contributed by atoms with Crippen LogP contribution in [0.1, 0.15) is 53.3 Å². The van der Waals surface area contributed by atoms with E-state index in [2.05, 4.69) is 4.98 Å². The van der Waals surface area contributed by atoms with E-state index in [-0.39, 0.29) is 16.3 Å². The fourth-order valence-electron chi connectivity index (χ4n) is 3.53. The second-order valence-corrected chi connectivity index (χ2v) is 7.98. The summed E-state index contributed by atoms with van der Waals surface area (Å²) in [6.07, 6.45) is 0.941. The molecule has 0 radical (unpaired) electrons. The number of esters is 1. The van der Waals surface area contributed by atoms with Crippen LogP contribution in [0.25, 0.3) is 5.69 Å². The number of carbonyl (C=O) groups excluding carboxylic acids is 1. The lowest BCUT2D eigenvalue weighted by atomic mass is 10.1. The summed E-state index contributed by atoms with van der Waals surface area (Å²) in [6, 6.07) is 12.9. The number of hydrogen-bond donors (Lipinski definition) is 1. The molecule has 0 aliphatic heterocycles. The molecule has 0 amide bonds. The van der Waals surface area contributed by atoms with Crippen molar-refractivity contribution >= 4 is 23.5 Å². The van der Waals surface area contributed by atoms with Gasteiger partial charge in [0.1, 0.15) is 17.1 Å². The Hall–Kier alpha value is -3.65. The SMILES string of the molecule is CCCCc1nc(C)c(C(=O)OC)c(=O)n1-c1ccc(OC(C(=O)O)c2ccccc2Cl)cc1. The molecule has 0 aliphatic rings. The zero-order valence-electron chi connectivity index (χ0n) is 19.1. The molecule has 9 heteroatoms. The van der Waals surface area contributed by atoms with E-state index >= 15 is 0 Å². The quantitative estimate of drug-likeness (QED) is 0.444. The number of unbranched alkanes of at least 4 members (excludes halogenated alkanes) is 1. The van der Waals surface area contributed by atoms with Crippen molar-refractivity contribution in [2.45, 2.75) is 39.2 Å². The standard InChI is InChI=1S/C25H25ClN2O6/c1-4-5-10-20-27-15(2)21(25(32)33-3)23(29)28(20)16-11-13-17(14-12-16)34-22(24(30)31)18-8-6-7-9-19(18)26/h6-9,11-14,22H,4-5,10H2,1-3H3,(H,30,31). The van der Waals surface area contributed by atoms with Crippen LogP contribution in [-0.2, 0) is 16.0 Å². The van der Waals surface area contributed by atoms with Gasteiger partial charge < -0.3 is 14.6 Å². The Labute approximate surface area is 201 Å². The van der Waals surface area contributed by atoms with Crippen LogP contribution in [0.3, 0.4) is 0 Å². The molecule has 8 nitrogen and oxygen atoms in total. The molecular formula is C25H25ClN2O6. The highest BCUT2D eigenvalue weighted by Crippen LogP contribution is 2.28. The van der Waals surface area contributed by atoms with Gasteiger partial charge in [-0.3, -0.25) is 9.36 Å². The molecule has 2 aromatic carbocycles. The Balaban J connectivity index is 2.02. The highest BCUT2D eigenvalue weighted by molar-refractivity contribution is 6.31. The van der Waals surface area contributed by atoms with Crippen molar-refractivity contribution in [2.24, 2.45) is 0 Å². The minimum absolute atomic E-state index is 0.132. The summed E-state index contributed by atoms with van der Waals surface area (Å²) in [6.45, 7) is 3.63. The van der Waals surface area contributed by atoms with Gasteiger partial charge in [0.25, 0.3) is 5.56 Å². The lowest BCUT2D eigenvalue weighted by molar-refractivity contribution is -0.145. The second kappa shape index (κ2) is 11.0. The van der Waals surface area contributed by atoms with Crippen LogP contribution in [-0.4, -0.2) is 33.7 Å². The number of hydrogen-bond acceptors (Lipinski definition) is 6. The molecule has 0 saturated carbocycles. The Morgan fingerprint density at radius 2 is 1.82 bits per heavy atom. The van der Waals surface area contributed by atoms with E-state index in [0.717, 1.165) is 12.8 Å². The van der Waals surface area contributed by atoms with Crippen LogP contribution in [0.4, 0.5) is 0 Å². The molecule has 0 bridgehead atoms. The summed E-state index contributed by atoms with van der Waals surface area (Å²) in [5, 5.41) is 9.93. The summed E-state index contributed by atoms with van der Waals surface area (Å²) < 4.78 is 11.8. The molecule has 1 unspecified atom stereocenters. The fourth-order valence-corrected chi connectivity index (χ4v) is 3.77. The number of aryl methyl sites for hydroxylation is 2. The molecule has 0 spiro atoms. The summed E-state index contributed by atoms with van der Waals surface area (Å²) in [7, 11) is 1.21. The second-order valence-electron chi connectivity index (χ2n) is 7.58. The third-order valence-electron chi connectivity index (χ3n) is 5.24. The summed E-state index contributed by atoms with van der Waals surface area (Å²) >= 11 is 6.15. The van der Waals surface area contributed by atoms with Crippen molar-refractivity contribution < 1.29 is 24.2 Å². The number of aromatic nitrogens is 2. The van der Waals surface area contributed by atoms with Crippen molar-refractivity contribution in [1.29, 1.82) is 0 Å². The molecule has 0 aliphatic carbocycles. The number of carboxylic acids is 1. The minimum atomic E-state index is -1.31. The van der Waals surface area contributed by atoms with Crippen LogP contribution >= 0.6 is 11.6 Å². The first-order chi connectivity index (χ1) is 16.3. The number of carbonyl (C=O) groups is 2. The minimum Gasteiger partial charge on any atom is -0.478 e. The summed E-state index contributed by atoms with van der Waals surface area (Å²) in [4.78, 5) is 41.8. The van der Waals surface area contributed by atoms with Crippen LogP contribution in [0, 0.1) is 6.92 Å². The fraction of sp³-hybridized carbons (Fsp3) is 0.280. The van der Waals surface area contributed by atoms with E-state index in [0.29, 0.717) is 29.2 Å². The van der Waals surface area contributed by atoms with E-state index in [1.54, 1.807) is 55.5 Å². The highest BCUT2D eigenvalue weighted by Gasteiger charge is 2.25. The Morgan fingerprint density at radius 3 is 2.41 bits per heavy atom. The lowest BCUT2D eigenvalue weighted by Crippen LogP contribution is -2.31. The molecule has 34 heavy (non-hydrogen) atoms. The monoisotopic (exact) mass is 484 g/mol. The van der Waals surface area contributed by atoms with Gasteiger partial charge in [0.2, 0.25) is 6.10 Å². The summed E-state index contributed by atoms with van der Waals surface area (Å²) in [5.41, 5.74) is 0.435. The number of rotatable bonds is 9. The third kappa shape index (κ3) is 5.28. The lowest BCUT2D eigenvalue weighted by Gasteiger charge is -2.18. The van der Waals surface area contributed by atoms with E-state index in [1.165, 1.54) is 11.7 Å². The topological polar surface area (TPSA) is 108 Å². The van der Waals surface area contributed by atoms with Crippen molar-refractivity contribution in [3.05, 3.63) is 86.6 Å². The maximum absolute atomic E-state index is 13.2. The van der Waals surface area contributed by atoms with Crippen molar-refractivity contribution in [2.75, 3.05) is 7.11 Å². The number of halogens is 1. The number of benzene rings is 2. The molecule has 3 rings (SSSR count). The number of carboxylic acid groups (broad SMARTS) is 1. The number of ether oxygens (including phenoxy) is 2. The average molecular weight is 485 g/mol. The van der Waals surface area contributed by atoms with Crippen LogP contribution in [0.15, 0.2) is 53.3 Å². The summed E-state index contributed by atoms with van der Waals surface area (Å²) in [5.74, 6) is -1.16. The van der Waals surface area contributed by atoms with Gasteiger partial charge in [0.15, 0.2) is 0 Å². The molecule has 178 valence electrons. The third-order valence-corrected chi connectivity index (χ3v) is 5.58. The van der Waals surface area contributed by atoms with Crippen molar-refractivity contribution in [3.63, 3.8) is 0 Å². The molecule has 3 aromatic rings. The van der Waals surface area contributed by atoms with Gasteiger partial charge in [-0.1, -0.05) is 43.1 Å². The van der Waals surface area contributed by atoms with Crippen LogP contribution in [0.5, 0.6) is 5.75 Å². The first-order valence-electron chi connectivity index (χ1n) is 10.7. The average Bonchev–Trinajstić information content (AvgIpc) is 2.82. The molecule has 1 atom stereocenters. The predicted octanol–water partition coefficient (Wildman–Crippen LogP) is 4.53. The van der Waals surface area contributed by atoms with Crippen molar-refractivity contribution in [3.8, 4) is 11.4 Å². The molecule has 1 aromatic heterocycles. The van der Waals surface area contributed by atoms with Gasteiger partial charge in [-0.05, 0) is 43.7 Å². The van der Waals surface area contributed by atoms with Gasteiger partial charge in [-0.15, -0.1) is 0 Å². The molecular weight excluding hydrogens is 460 g/mol. The van der Waals surface area contributed by atoms with Gasteiger partial charge in [0.05, 0.1) is 18.5 Å². The normalized spacial score (nSPS) is 11.6. The predicted molar refractivity (Wildman–Crippen MR) is 127 cm³/mol.